The van der Waals surface area contributed by atoms with E-state index in [-0.39, 0.29) is 32.6 Å². The van der Waals surface area contributed by atoms with Crippen molar-refractivity contribution >= 4 is 41.2 Å². The normalized spacial score (nSPS) is 32.1. The second kappa shape index (κ2) is 9.85. The van der Waals surface area contributed by atoms with Gasteiger partial charge >= 0.3 is 25.7 Å². The van der Waals surface area contributed by atoms with Crippen LogP contribution in [0.25, 0.3) is 0 Å². The van der Waals surface area contributed by atoms with Gasteiger partial charge in [-0.1, -0.05) is 160 Å². The molecule has 0 N–H and O–H groups in total. The molecule has 3 aromatic rings. The summed E-state index contributed by atoms with van der Waals surface area (Å²) in [5, 5.41) is 3.19. The van der Waals surface area contributed by atoms with Crippen LogP contribution in [-0.2, 0) is 12.3 Å². The highest BCUT2D eigenvalue weighted by molar-refractivity contribution is 7.08. The fourth-order valence-corrected chi connectivity index (χ4v) is 26.9. The van der Waals surface area contributed by atoms with E-state index in [9.17, 15) is 0 Å². The van der Waals surface area contributed by atoms with Crippen LogP contribution in [0.2, 0.25) is 18.1 Å². The second-order valence-corrected chi connectivity index (χ2v) is 26.0. The van der Waals surface area contributed by atoms with E-state index in [1.807, 2.05) is 0 Å². The van der Waals surface area contributed by atoms with Gasteiger partial charge in [0.15, 0.2) is 0 Å². The summed E-state index contributed by atoms with van der Waals surface area (Å²) >= 11 is 0. The Balaban J connectivity index is 1.93. The van der Waals surface area contributed by atoms with Gasteiger partial charge in [-0.25, -0.2) is 0 Å². The van der Waals surface area contributed by atoms with E-state index in [1.54, 1.807) is 0 Å². The van der Waals surface area contributed by atoms with Gasteiger partial charge in [-0.2, -0.15) is 0 Å². The molecule has 226 valence electrons. The Morgan fingerprint density at radius 3 is 1.33 bits per heavy atom. The molecular formula is C36H52O3Si3. The third-order valence-corrected chi connectivity index (χ3v) is 27.4. The van der Waals surface area contributed by atoms with Crippen molar-refractivity contribution < 1.29 is 12.3 Å². The Morgan fingerprint density at radius 2 is 0.905 bits per heavy atom. The van der Waals surface area contributed by atoms with Crippen molar-refractivity contribution in [1.82, 2.24) is 0 Å². The molecular weight excluding hydrogens is 565 g/mol. The SMILES string of the molecule is CC1C(C)(C)C(C)(C)C(C)(C)C(C)(C)C1(C)[Si]1(c2ccccc2)O[Si](C)(C)O[Si](c2ccccc2)(c2ccccc2)O1. The van der Waals surface area contributed by atoms with Crippen molar-refractivity contribution in [3.8, 4) is 0 Å². The predicted octanol–water partition coefficient (Wildman–Crippen LogP) is 7.87. The molecule has 5 rings (SSSR count). The summed E-state index contributed by atoms with van der Waals surface area (Å²) in [5.74, 6) is 0.288. The van der Waals surface area contributed by atoms with Gasteiger partial charge in [0.05, 0.1) is 0 Å². The molecule has 1 saturated heterocycles. The molecule has 2 fully saturated rings. The van der Waals surface area contributed by atoms with Crippen LogP contribution >= 0.6 is 0 Å². The first kappa shape index (κ1) is 31.6. The minimum Gasteiger partial charge on any atom is -0.412 e. The Hall–Kier alpha value is -1.81. The van der Waals surface area contributed by atoms with Crippen molar-refractivity contribution in [2.24, 2.45) is 27.6 Å². The average molecular weight is 617 g/mol. The molecule has 2 aliphatic rings. The van der Waals surface area contributed by atoms with Crippen molar-refractivity contribution in [1.29, 1.82) is 0 Å². The van der Waals surface area contributed by atoms with Crippen molar-refractivity contribution in [3.05, 3.63) is 91.0 Å². The highest BCUT2D eigenvalue weighted by Crippen LogP contribution is 2.79. The zero-order chi connectivity index (χ0) is 31.0. The molecule has 0 amide bonds. The third kappa shape index (κ3) is 3.98. The van der Waals surface area contributed by atoms with Gasteiger partial charge in [-0.05, 0) is 56.2 Å². The molecule has 3 unspecified atom stereocenters. The van der Waals surface area contributed by atoms with E-state index in [0.29, 0.717) is 0 Å². The molecule has 3 atom stereocenters. The fraction of sp³-hybridized carbons (Fsp3) is 0.500. The highest BCUT2D eigenvalue weighted by Gasteiger charge is 2.80. The van der Waals surface area contributed by atoms with Crippen LogP contribution in [0.3, 0.4) is 0 Å². The van der Waals surface area contributed by atoms with Crippen LogP contribution in [0.5, 0.6) is 0 Å². The summed E-state index contributed by atoms with van der Waals surface area (Å²) < 4.78 is 23.2. The Labute approximate surface area is 258 Å². The summed E-state index contributed by atoms with van der Waals surface area (Å²) in [6, 6.07) is 32.5. The number of hydrogen-bond donors (Lipinski definition) is 0. The molecule has 0 aromatic heterocycles. The standard InChI is InChI=1S/C36H52O3Si3/c1-28-32(2,3)33(4,5)34(6,7)35(8,9)36(28,10)42(31-26-20-15-21-27-31)38-40(11,12)37-41(39-42,29-22-16-13-17-23-29)30-24-18-14-19-25-30/h13-28H,1-12H3. The minimum absolute atomic E-state index is 0.00399. The summed E-state index contributed by atoms with van der Waals surface area (Å²) in [6.07, 6.45) is 0. The van der Waals surface area contributed by atoms with Crippen LogP contribution in [0.1, 0.15) is 69.2 Å². The summed E-state index contributed by atoms with van der Waals surface area (Å²) in [5.41, 5.74) is -0.147. The number of benzene rings is 3. The lowest BCUT2D eigenvalue weighted by molar-refractivity contribution is -0.204. The smallest absolute Gasteiger partial charge is 0.389 e. The lowest BCUT2D eigenvalue weighted by Gasteiger charge is -2.76. The van der Waals surface area contributed by atoms with Crippen LogP contribution < -0.4 is 15.6 Å². The van der Waals surface area contributed by atoms with Crippen molar-refractivity contribution in [3.63, 3.8) is 0 Å². The van der Waals surface area contributed by atoms with Gasteiger partial charge in [0.25, 0.3) is 0 Å². The van der Waals surface area contributed by atoms with Crippen LogP contribution in [0.4, 0.5) is 0 Å². The Morgan fingerprint density at radius 1 is 0.500 bits per heavy atom. The van der Waals surface area contributed by atoms with Gasteiger partial charge < -0.3 is 12.3 Å². The topological polar surface area (TPSA) is 27.7 Å². The molecule has 1 saturated carbocycles. The van der Waals surface area contributed by atoms with E-state index < -0.39 is 25.7 Å². The molecule has 3 aromatic carbocycles. The third-order valence-electron chi connectivity index (χ3n) is 13.2. The molecule has 6 heteroatoms. The number of hydrogen-bond acceptors (Lipinski definition) is 3. The van der Waals surface area contributed by atoms with E-state index in [0.717, 1.165) is 10.4 Å². The maximum Gasteiger partial charge on any atom is 0.389 e. The van der Waals surface area contributed by atoms with Gasteiger partial charge in [0.1, 0.15) is 0 Å². The first-order chi connectivity index (χ1) is 19.3. The minimum atomic E-state index is -3.36. The monoisotopic (exact) mass is 616 g/mol. The van der Waals surface area contributed by atoms with E-state index >= 15 is 0 Å². The highest BCUT2D eigenvalue weighted by atomic mass is 28.5. The van der Waals surface area contributed by atoms with E-state index in [4.69, 9.17) is 12.3 Å². The van der Waals surface area contributed by atoms with Crippen molar-refractivity contribution in [2.75, 3.05) is 0 Å². The lowest BCUT2D eigenvalue weighted by Crippen LogP contribution is -2.86. The van der Waals surface area contributed by atoms with Crippen LogP contribution in [0, 0.1) is 27.6 Å². The first-order valence-corrected chi connectivity index (χ1v) is 22.1. The molecule has 0 bridgehead atoms. The van der Waals surface area contributed by atoms with Gasteiger partial charge in [-0.15, -0.1) is 0 Å². The Bertz CT molecular complexity index is 1380. The second-order valence-electron chi connectivity index (χ2n) is 15.6. The zero-order valence-corrected chi connectivity index (χ0v) is 31.0. The largest absolute Gasteiger partial charge is 0.412 e. The Kier molecular flexibility index (Phi) is 7.41. The molecule has 1 aliphatic carbocycles. The summed E-state index contributed by atoms with van der Waals surface area (Å²) in [4.78, 5) is 0. The zero-order valence-electron chi connectivity index (χ0n) is 28.0. The molecule has 1 heterocycles. The van der Waals surface area contributed by atoms with E-state index in [2.05, 4.69) is 173 Å². The predicted molar refractivity (Wildman–Crippen MR) is 183 cm³/mol. The maximum atomic E-state index is 8.13. The molecule has 0 radical (unpaired) electrons. The van der Waals surface area contributed by atoms with Gasteiger partial charge in [0.2, 0.25) is 0 Å². The van der Waals surface area contributed by atoms with Crippen LogP contribution in [-0.4, -0.2) is 25.7 Å². The van der Waals surface area contributed by atoms with Crippen molar-refractivity contribution in [2.45, 2.75) is 87.4 Å². The van der Waals surface area contributed by atoms with E-state index in [1.165, 1.54) is 5.19 Å². The molecule has 42 heavy (non-hydrogen) atoms. The lowest BCUT2D eigenvalue weighted by atomic mass is 9.36. The van der Waals surface area contributed by atoms with Gasteiger partial charge in [0, 0.05) is 5.04 Å². The average Bonchev–Trinajstić information content (AvgIpc) is 2.95. The maximum absolute atomic E-state index is 8.13. The number of rotatable bonds is 4. The summed E-state index contributed by atoms with van der Waals surface area (Å²) in [6.45, 7) is 29.4. The fourth-order valence-electron chi connectivity index (χ4n) is 8.70. The summed E-state index contributed by atoms with van der Waals surface area (Å²) in [7, 11) is -9.36. The first-order valence-electron chi connectivity index (χ1n) is 15.6. The quantitative estimate of drug-likeness (QED) is 0.279. The molecule has 3 nitrogen and oxygen atoms in total. The molecule has 1 aliphatic heterocycles. The van der Waals surface area contributed by atoms with Gasteiger partial charge in [-0.3, -0.25) is 0 Å². The van der Waals surface area contributed by atoms with Crippen LogP contribution in [0.15, 0.2) is 91.0 Å². The molecule has 0 spiro atoms.